The topological polar surface area (TPSA) is 15.3 Å². The van der Waals surface area contributed by atoms with Crippen LogP contribution in [0.4, 0.5) is 4.39 Å². The molecule has 2 atom stereocenters. The van der Waals surface area contributed by atoms with Gasteiger partial charge in [0.25, 0.3) is 0 Å². The standard InChI is InChI=1S/C10H19FN2/c1-2-3-4-13-6-9-5-12-7-10(9,11)8-13/h9,12H,2-8H2,1H3. The van der Waals surface area contributed by atoms with Crippen LogP contribution in [0.15, 0.2) is 0 Å². The van der Waals surface area contributed by atoms with Crippen LogP contribution in [0.2, 0.25) is 0 Å². The average Bonchev–Trinajstić information content (AvgIpc) is 2.55. The zero-order chi connectivity index (χ0) is 9.31. The largest absolute Gasteiger partial charge is 0.313 e. The van der Waals surface area contributed by atoms with E-state index in [-0.39, 0.29) is 5.92 Å². The van der Waals surface area contributed by atoms with Crippen molar-refractivity contribution in [1.29, 1.82) is 0 Å². The van der Waals surface area contributed by atoms with E-state index in [2.05, 4.69) is 17.1 Å². The van der Waals surface area contributed by atoms with E-state index in [1.165, 1.54) is 12.8 Å². The van der Waals surface area contributed by atoms with Gasteiger partial charge in [-0.2, -0.15) is 0 Å². The third kappa shape index (κ3) is 1.72. The monoisotopic (exact) mass is 186 g/mol. The Balaban J connectivity index is 1.86. The van der Waals surface area contributed by atoms with E-state index in [9.17, 15) is 4.39 Å². The fraction of sp³-hybridized carbons (Fsp3) is 1.00. The molecule has 3 heteroatoms. The van der Waals surface area contributed by atoms with Gasteiger partial charge >= 0.3 is 0 Å². The number of rotatable bonds is 3. The molecule has 2 rings (SSSR count). The van der Waals surface area contributed by atoms with E-state index in [1.54, 1.807) is 0 Å². The van der Waals surface area contributed by atoms with E-state index >= 15 is 0 Å². The molecule has 2 nitrogen and oxygen atoms in total. The van der Waals surface area contributed by atoms with Crippen molar-refractivity contribution in [2.45, 2.75) is 25.4 Å². The van der Waals surface area contributed by atoms with Crippen LogP contribution < -0.4 is 5.32 Å². The van der Waals surface area contributed by atoms with Gasteiger partial charge in [0.15, 0.2) is 0 Å². The molecule has 76 valence electrons. The highest BCUT2D eigenvalue weighted by atomic mass is 19.1. The Morgan fingerprint density at radius 3 is 3.15 bits per heavy atom. The number of nitrogens with zero attached hydrogens (tertiary/aromatic N) is 1. The molecule has 2 heterocycles. The zero-order valence-electron chi connectivity index (χ0n) is 8.35. The van der Waals surface area contributed by atoms with Crippen molar-refractivity contribution in [3.8, 4) is 0 Å². The molecule has 2 unspecified atom stereocenters. The molecule has 0 aromatic heterocycles. The summed E-state index contributed by atoms with van der Waals surface area (Å²) in [5.41, 5.74) is -0.909. The molecule has 0 aliphatic carbocycles. The molecule has 2 aliphatic rings. The van der Waals surface area contributed by atoms with Gasteiger partial charge in [0.05, 0.1) is 0 Å². The first kappa shape index (κ1) is 9.41. The predicted octanol–water partition coefficient (Wildman–Crippen LogP) is 1.03. The SMILES string of the molecule is CCCCN1CC2CNCC2(F)C1. The first-order valence-corrected chi connectivity index (χ1v) is 5.36. The summed E-state index contributed by atoms with van der Waals surface area (Å²) in [6.45, 7) is 6.33. The minimum atomic E-state index is -0.909. The number of fused-ring (bicyclic) bond motifs is 1. The summed E-state index contributed by atoms with van der Waals surface area (Å²) in [6.07, 6.45) is 2.41. The fourth-order valence-electron chi connectivity index (χ4n) is 2.49. The molecule has 13 heavy (non-hydrogen) atoms. The number of halogens is 1. The molecule has 0 amide bonds. The summed E-state index contributed by atoms with van der Waals surface area (Å²) in [6, 6.07) is 0. The lowest BCUT2D eigenvalue weighted by atomic mass is 9.97. The molecule has 0 aromatic carbocycles. The number of unbranched alkanes of at least 4 members (excludes halogenated alkanes) is 1. The van der Waals surface area contributed by atoms with Crippen LogP contribution in [0.3, 0.4) is 0 Å². The highest BCUT2D eigenvalue weighted by Gasteiger charge is 2.49. The van der Waals surface area contributed by atoms with Gasteiger partial charge in [-0.25, -0.2) is 4.39 Å². The summed E-state index contributed by atoms with van der Waals surface area (Å²) in [5, 5.41) is 3.14. The molecule has 0 radical (unpaired) electrons. The maximum atomic E-state index is 14.1. The second kappa shape index (κ2) is 3.54. The van der Waals surface area contributed by atoms with Gasteiger partial charge in [-0.1, -0.05) is 13.3 Å². The minimum Gasteiger partial charge on any atom is -0.313 e. The molecule has 0 bridgehead atoms. The third-order valence-corrected chi connectivity index (χ3v) is 3.33. The molecule has 1 N–H and O–H groups in total. The van der Waals surface area contributed by atoms with E-state index in [4.69, 9.17) is 0 Å². The zero-order valence-corrected chi connectivity index (χ0v) is 8.35. The first-order valence-electron chi connectivity index (χ1n) is 5.36. The van der Waals surface area contributed by atoms with Gasteiger partial charge in [-0.15, -0.1) is 0 Å². The predicted molar refractivity (Wildman–Crippen MR) is 51.5 cm³/mol. The summed E-state index contributed by atoms with van der Waals surface area (Å²) in [4.78, 5) is 2.29. The Bertz CT molecular complexity index is 186. The number of hydrogen-bond donors (Lipinski definition) is 1. The van der Waals surface area contributed by atoms with E-state index in [0.29, 0.717) is 13.1 Å². The fourth-order valence-corrected chi connectivity index (χ4v) is 2.49. The maximum absolute atomic E-state index is 14.1. The van der Waals surface area contributed by atoms with Gasteiger partial charge in [0.1, 0.15) is 5.67 Å². The Kier molecular flexibility index (Phi) is 2.56. The van der Waals surface area contributed by atoms with Crippen molar-refractivity contribution in [3.05, 3.63) is 0 Å². The Morgan fingerprint density at radius 1 is 1.62 bits per heavy atom. The van der Waals surface area contributed by atoms with Gasteiger partial charge in [-0.05, 0) is 13.0 Å². The average molecular weight is 186 g/mol. The van der Waals surface area contributed by atoms with Crippen LogP contribution >= 0.6 is 0 Å². The number of nitrogens with one attached hydrogen (secondary N) is 1. The lowest BCUT2D eigenvalue weighted by Crippen LogP contribution is -2.35. The quantitative estimate of drug-likeness (QED) is 0.708. The molecular weight excluding hydrogens is 167 g/mol. The second-order valence-corrected chi connectivity index (χ2v) is 4.45. The smallest absolute Gasteiger partial charge is 0.141 e. The number of hydrogen-bond acceptors (Lipinski definition) is 2. The van der Waals surface area contributed by atoms with Crippen molar-refractivity contribution in [1.82, 2.24) is 10.2 Å². The lowest BCUT2D eigenvalue weighted by Gasteiger charge is -2.18. The normalized spacial score (nSPS) is 39.7. The van der Waals surface area contributed by atoms with Crippen LogP contribution in [0.5, 0.6) is 0 Å². The Morgan fingerprint density at radius 2 is 2.46 bits per heavy atom. The van der Waals surface area contributed by atoms with E-state index < -0.39 is 5.67 Å². The van der Waals surface area contributed by atoms with Crippen molar-refractivity contribution in [2.24, 2.45) is 5.92 Å². The molecule has 2 aliphatic heterocycles. The van der Waals surface area contributed by atoms with Crippen LogP contribution in [0.25, 0.3) is 0 Å². The van der Waals surface area contributed by atoms with Gasteiger partial charge in [0, 0.05) is 32.1 Å². The van der Waals surface area contributed by atoms with E-state index in [1.807, 2.05) is 0 Å². The second-order valence-electron chi connectivity index (χ2n) is 4.45. The van der Waals surface area contributed by atoms with Crippen molar-refractivity contribution >= 4 is 0 Å². The van der Waals surface area contributed by atoms with E-state index in [0.717, 1.165) is 19.6 Å². The van der Waals surface area contributed by atoms with Gasteiger partial charge < -0.3 is 5.32 Å². The highest BCUT2D eigenvalue weighted by Crippen LogP contribution is 2.34. The number of likely N-dealkylation sites (tertiary alicyclic amines) is 1. The minimum absolute atomic E-state index is 0.254. The third-order valence-electron chi connectivity index (χ3n) is 3.33. The Labute approximate surface area is 79.5 Å². The summed E-state index contributed by atoms with van der Waals surface area (Å²) in [7, 11) is 0. The van der Waals surface area contributed by atoms with Crippen LogP contribution in [-0.2, 0) is 0 Å². The van der Waals surface area contributed by atoms with Gasteiger partial charge in [0.2, 0.25) is 0 Å². The molecule has 0 saturated carbocycles. The first-order chi connectivity index (χ1) is 6.24. The van der Waals surface area contributed by atoms with Crippen LogP contribution in [0.1, 0.15) is 19.8 Å². The molecule has 2 saturated heterocycles. The molecule has 2 fully saturated rings. The molecule has 0 aromatic rings. The van der Waals surface area contributed by atoms with Crippen LogP contribution in [-0.4, -0.2) is 43.3 Å². The Hall–Kier alpha value is -0.150. The highest BCUT2D eigenvalue weighted by molar-refractivity contribution is 5.04. The van der Waals surface area contributed by atoms with Crippen molar-refractivity contribution in [2.75, 3.05) is 32.7 Å². The van der Waals surface area contributed by atoms with Crippen molar-refractivity contribution in [3.63, 3.8) is 0 Å². The summed E-state index contributed by atoms with van der Waals surface area (Å²) >= 11 is 0. The number of alkyl halides is 1. The molecule has 0 spiro atoms. The maximum Gasteiger partial charge on any atom is 0.141 e. The van der Waals surface area contributed by atoms with Gasteiger partial charge in [-0.3, -0.25) is 4.90 Å². The lowest BCUT2D eigenvalue weighted by molar-refractivity contribution is 0.162. The molecular formula is C10H19FN2. The van der Waals surface area contributed by atoms with Crippen LogP contribution in [0, 0.1) is 5.92 Å². The summed E-state index contributed by atoms with van der Waals surface area (Å²) < 4.78 is 14.1. The van der Waals surface area contributed by atoms with Crippen molar-refractivity contribution < 1.29 is 4.39 Å². The summed E-state index contributed by atoms with van der Waals surface area (Å²) in [5.74, 6) is 0.254.